The van der Waals surface area contributed by atoms with Gasteiger partial charge in [-0.3, -0.25) is 4.90 Å². The summed E-state index contributed by atoms with van der Waals surface area (Å²) in [5.74, 6) is 0.246. The van der Waals surface area contributed by atoms with Crippen LogP contribution in [0, 0.1) is 12.7 Å². The third kappa shape index (κ3) is 6.17. The maximum atomic E-state index is 14.4. The van der Waals surface area contributed by atoms with Crippen LogP contribution in [0.15, 0.2) is 54.6 Å². The number of benzene rings is 2. The Morgan fingerprint density at radius 2 is 1.78 bits per heavy atom. The van der Waals surface area contributed by atoms with E-state index < -0.39 is 5.82 Å². The van der Waals surface area contributed by atoms with Crippen LogP contribution in [-0.2, 0) is 6.54 Å². The molecule has 0 saturated heterocycles. The molecule has 1 aromatic heterocycles. The number of hydrogen-bond acceptors (Lipinski definition) is 4. The number of aryl methyl sites for hydroxylation is 1. The van der Waals surface area contributed by atoms with Crippen molar-refractivity contribution in [2.24, 2.45) is 0 Å². The van der Waals surface area contributed by atoms with Gasteiger partial charge in [-0.25, -0.2) is 9.07 Å². The SMILES string of the molecule is CCCC[C@@H](O)CN(CCC)Cc1c(C)nn(-c2ccccc2)c1Oc1ccccc1F. The average Bonchev–Trinajstić information content (AvgIpc) is 3.09. The van der Waals surface area contributed by atoms with Crippen LogP contribution in [0.4, 0.5) is 4.39 Å². The minimum absolute atomic E-state index is 0.163. The first kappa shape index (κ1) is 24.0. The first-order chi connectivity index (χ1) is 15.5. The number of para-hydroxylation sites is 2. The molecular formula is C26H34FN3O2. The molecule has 0 saturated carbocycles. The van der Waals surface area contributed by atoms with E-state index in [2.05, 4.69) is 18.7 Å². The Hall–Kier alpha value is -2.70. The molecule has 0 aliphatic heterocycles. The summed E-state index contributed by atoms with van der Waals surface area (Å²) in [4.78, 5) is 2.23. The quantitative estimate of drug-likeness (QED) is 0.383. The number of aromatic nitrogens is 2. The summed E-state index contributed by atoms with van der Waals surface area (Å²) >= 11 is 0. The van der Waals surface area contributed by atoms with E-state index in [-0.39, 0.29) is 11.9 Å². The van der Waals surface area contributed by atoms with Gasteiger partial charge in [-0.2, -0.15) is 5.10 Å². The van der Waals surface area contributed by atoms with Gasteiger partial charge in [-0.05, 0) is 50.6 Å². The second-order valence-corrected chi connectivity index (χ2v) is 8.18. The number of rotatable bonds is 12. The highest BCUT2D eigenvalue weighted by Crippen LogP contribution is 2.32. The number of ether oxygens (including phenoxy) is 1. The van der Waals surface area contributed by atoms with E-state index in [4.69, 9.17) is 9.84 Å². The topological polar surface area (TPSA) is 50.5 Å². The first-order valence-electron chi connectivity index (χ1n) is 11.5. The lowest BCUT2D eigenvalue weighted by molar-refractivity contribution is 0.0990. The van der Waals surface area contributed by atoms with Crippen molar-refractivity contribution < 1.29 is 14.2 Å². The van der Waals surface area contributed by atoms with Crippen LogP contribution in [0.2, 0.25) is 0 Å². The molecule has 0 aliphatic rings. The van der Waals surface area contributed by atoms with Crippen molar-refractivity contribution in [2.75, 3.05) is 13.1 Å². The van der Waals surface area contributed by atoms with Crippen LogP contribution >= 0.6 is 0 Å². The van der Waals surface area contributed by atoms with Crippen LogP contribution < -0.4 is 4.74 Å². The normalized spacial score (nSPS) is 12.3. The van der Waals surface area contributed by atoms with E-state index in [0.717, 1.165) is 49.2 Å². The van der Waals surface area contributed by atoms with Crippen molar-refractivity contribution in [2.45, 2.75) is 59.1 Å². The molecule has 0 bridgehead atoms. The molecule has 1 atom stereocenters. The molecule has 1 N–H and O–H groups in total. The Morgan fingerprint density at radius 1 is 1.06 bits per heavy atom. The number of aliphatic hydroxyl groups excluding tert-OH is 1. The molecule has 32 heavy (non-hydrogen) atoms. The molecule has 0 aliphatic carbocycles. The van der Waals surface area contributed by atoms with Crippen molar-refractivity contribution in [1.29, 1.82) is 0 Å². The molecule has 5 nitrogen and oxygen atoms in total. The minimum Gasteiger partial charge on any atom is -0.435 e. The van der Waals surface area contributed by atoms with Crippen molar-refractivity contribution in [3.63, 3.8) is 0 Å². The fraction of sp³-hybridized carbons (Fsp3) is 0.423. The van der Waals surface area contributed by atoms with Gasteiger partial charge in [0, 0.05) is 13.1 Å². The van der Waals surface area contributed by atoms with Crippen LogP contribution in [0.3, 0.4) is 0 Å². The predicted molar refractivity (Wildman–Crippen MR) is 126 cm³/mol. The molecule has 0 fully saturated rings. The number of unbranched alkanes of at least 4 members (excludes halogenated alkanes) is 1. The zero-order valence-corrected chi connectivity index (χ0v) is 19.3. The van der Waals surface area contributed by atoms with Gasteiger partial charge in [-0.15, -0.1) is 0 Å². The minimum atomic E-state index is -0.419. The summed E-state index contributed by atoms with van der Waals surface area (Å²) in [7, 11) is 0. The van der Waals surface area contributed by atoms with Crippen LogP contribution in [-0.4, -0.2) is 39.0 Å². The summed E-state index contributed by atoms with van der Waals surface area (Å²) in [5, 5.41) is 15.2. The summed E-state index contributed by atoms with van der Waals surface area (Å²) in [6.07, 6.45) is 3.46. The van der Waals surface area contributed by atoms with E-state index in [1.165, 1.54) is 6.07 Å². The highest BCUT2D eigenvalue weighted by atomic mass is 19.1. The van der Waals surface area contributed by atoms with Crippen LogP contribution in [0.25, 0.3) is 5.69 Å². The lowest BCUT2D eigenvalue weighted by atomic mass is 10.1. The molecule has 2 aromatic carbocycles. The third-order valence-electron chi connectivity index (χ3n) is 5.46. The third-order valence-corrected chi connectivity index (χ3v) is 5.46. The molecule has 172 valence electrons. The predicted octanol–water partition coefficient (Wildman–Crippen LogP) is 5.88. The first-order valence-corrected chi connectivity index (χ1v) is 11.5. The maximum absolute atomic E-state index is 14.4. The molecule has 6 heteroatoms. The van der Waals surface area contributed by atoms with Crippen molar-refractivity contribution >= 4 is 0 Å². The molecule has 0 spiro atoms. The van der Waals surface area contributed by atoms with E-state index >= 15 is 0 Å². The lowest BCUT2D eigenvalue weighted by Crippen LogP contribution is -2.33. The Bertz CT molecular complexity index is 974. The van der Waals surface area contributed by atoms with Crippen molar-refractivity contribution in [1.82, 2.24) is 14.7 Å². The molecule has 0 amide bonds. The van der Waals surface area contributed by atoms with E-state index in [0.29, 0.717) is 19.0 Å². The van der Waals surface area contributed by atoms with E-state index in [9.17, 15) is 9.50 Å². The zero-order valence-electron chi connectivity index (χ0n) is 19.3. The summed E-state index contributed by atoms with van der Waals surface area (Å²) in [6.45, 7) is 8.20. The average molecular weight is 440 g/mol. The number of nitrogens with zero attached hydrogens (tertiary/aromatic N) is 3. The second-order valence-electron chi connectivity index (χ2n) is 8.18. The number of hydrogen-bond donors (Lipinski definition) is 1. The fourth-order valence-electron chi connectivity index (χ4n) is 3.80. The highest BCUT2D eigenvalue weighted by molar-refractivity contribution is 5.43. The van der Waals surface area contributed by atoms with Gasteiger partial charge >= 0.3 is 0 Å². The fourth-order valence-corrected chi connectivity index (χ4v) is 3.80. The van der Waals surface area contributed by atoms with Crippen LogP contribution in [0.5, 0.6) is 11.6 Å². The largest absolute Gasteiger partial charge is 0.435 e. The van der Waals surface area contributed by atoms with Crippen molar-refractivity contribution in [3.8, 4) is 17.3 Å². The van der Waals surface area contributed by atoms with Gasteiger partial charge in [0.2, 0.25) is 5.88 Å². The standard InChI is InChI=1S/C26H34FN3O2/c1-4-6-14-22(31)18-29(17-5-2)19-23-20(3)28-30(21-12-8-7-9-13-21)26(23)32-25-16-11-10-15-24(25)27/h7-13,15-16,22,31H,4-6,14,17-19H2,1-3H3/t22-/m1/s1. The monoisotopic (exact) mass is 439 g/mol. The molecule has 0 radical (unpaired) electrons. The zero-order chi connectivity index (χ0) is 22.9. The Balaban J connectivity index is 1.96. The van der Waals surface area contributed by atoms with Gasteiger partial charge in [-0.1, -0.05) is 57.0 Å². The summed E-state index contributed by atoms with van der Waals surface area (Å²) < 4.78 is 22.3. The molecule has 3 rings (SSSR count). The maximum Gasteiger partial charge on any atom is 0.227 e. The Kier molecular flexibility index (Phi) is 8.82. The molecule has 0 unspecified atom stereocenters. The van der Waals surface area contributed by atoms with E-state index in [1.54, 1.807) is 22.9 Å². The summed E-state index contributed by atoms with van der Waals surface area (Å²) in [6, 6.07) is 16.1. The van der Waals surface area contributed by atoms with Gasteiger partial charge in [0.25, 0.3) is 0 Å². The van der Waals surface area contributed by atoms with E-state index in [1.807, 2.05) is 37.3 Å². The smallest absolute Gasteiger partial charge is 0.227 e. The number of halogens is 1. The second kappa shape index (κ2) is 11.8. The van der Waals surface area contributed by atoms with Gasteiger partial charge in [0.05, 0.1) is 23.0 Å². The lowest BCUT2D eigenvalue weighted by Gasteiger charge is -2.25. The summed E-state index contributed by atoms with van der Waals surface area (Å²) in [5.41, 5.74) is 2.57. The van der Waals surface area contributed by atoms with Gasteiger partial charge < -0.3 is 9.84 Å². The Labute approximate surface area is 190 Å². The molecular weight excluding hydrogens is 405 g/mol. The molecule has 3 aromatic rings. The van der Waals surface area contributed by atoms with Crippen molar-refractivity contribution in [3.05, 3.63) is 71.7 Å². The molecule has 1 heterocycles. The Morgan fingerprint density at radius 3 is 2.47 bits per heavy atom. The highest BCUT2D eigenvalue weighted by Gasteiger charge is 2.23. The number of aliphatic hydroxyl groups is 1. The van der Waals surface area contributed by atoms with Crippen LogP contribution in [0.1, 0.15) is 50.8 Å². The van der Waals surface area contributed by atoms with Gasteiger partial charge in [0.1, 0.15) is 0 Å². The van der Waals surface area contributed by atoms with Gasteiger partial charge in [0.15, 0.2) is 11.6 Å².